The Morgan fingerprint density at radius 2 is 1.72 bits per heavy atom. The highest BCUT2D eigenvalue weighted by molar-refractivity contribution is 7.92. The van der Waals surface area contributed by atoms with E-state index in [1.165, 1.54) is 26.2 Å². The van der Waals surface area contributed by atoms with E-state index in [0.29, 0.717) is 11.4 Å². The number of aliphatic hydroxyl groups excluding tert-OH is 1. The molecule has 8 nitrogen and oxygen atoms in total. The van der Waals surface area contributed by atoms with Crippen molar-refractivity contribution in [1.82, 2.24) is 5.32 Å². The zero-order valence-electron chi connectivity index (χ0n) is 16.6. The highest BCUT2D eigenvalue weighted by atomic mass is 32.2. The van der Waals surface area contributed by atoms with E-state index in [-0.39, 0.29) is 18.0 Å². The van der Waals surface area contributed by atoms with Crippen LogP contribution in [0.2, 0.25) is 0 Å². The monoisotopic (exact) mass is 422 g/mol. The lowest BCUT2D eigenvalue weighted by molar-refractivity contribution is -0.139. The van der Waals surface area contributed by atoms with Crippen LogP contribution in [0.25, 0.3) is 0 Å². The summed E-state index contributed by atoms with van der Waals surface area (Å²) in [5.74, 6) is -0.490. The number of sulfonamides is 1. The zero-order chi connectivity index (χ0) is 21.6. The van der Waals surface area contributed by atoms with Crippen LogP contribution < -0.4 is 14.4 Å². The molecule has 2 atom stereocenters. The van der Waals surface area contributed by atoms with Crippen molar-refractivity contribution < 1.29 is 28.2 Å². The third kappa shape index (κ3) is 5.93. The summed E-state index contributed by atoms with van der Waals surface area (Å²) < 4.78 is 32.7. The molecule has 0 aliphatic carbocycles. The van der Waals surface area contributed by atoms with E-state index in [1.54, 1.807) is 36.4 Å². The molecule has 0 amide bonds. The van der Waals surface area contributed by atoms with Crippen LogP contribution in [0.15, 0.2) is 53.4 Å². The lowest BCUT2D eigenvalue weighted by Gasteiger charge is -2.27. The molecule has 0 aliphatic rings. The summed E-state index contributed by atoms with van der Waals surface area (Å²) in [6.45, 7) is 2.97. The van der Waals surface area contributed by atoms with Gasteiger partial charge in [0.15, 0.2) is 0 Å². The molecule has 0 bridgehead atoms. The van der Waals surface area contributed by atoms with Gasteiger partial charge in [0.05, 0.1) is 30.3 Å². The molecule has 0 aliphatic heterocycles. The van der Waals surface area contributed by atoms with E-state index in [1.807, 2.05) is 6.92 Å². The number of carbonyl (C=O) groups is 1. The van der Waals surface area contributed by atoms with Crippen molar-refractivity contribution in [2.45, 2.75) is 30.9 Å². The summed E-state index contributed by atoms with van der Waals surface area (Å²) >= 11 is 0. The number of nitrogens with zero attached hydrogens (tertiary/aromatic N) is 1. The van der Waals surface area contributed by atoms with Gasteiger partial charge < -0.3 is 20.3 Å². The summed E-state index contributed by atoms with van der Waals surface area (Å²) in [6, 6.07) is 12.0. The molecule has 0 unspecified atom stereocenters. The summed E-state index contributed by atoms with van der Waals surface area (Å²) in [5, 5.41) is 22.0. The predicted octanol–water partition coefficient (Wildman–Crippen LogP) is 1.62. The average molecular weight is 423 g/mol. The van der Waals surface area contributed by atoms with E-state index in [9.17, 15) is 18.3 Å². The molecule has 2 rings (SSSR count). The minimum Gasteiger partial charge on any atom is -0.497 e. The SMILES string of the molecule is COc1ccc(N(C[C@H](O)CN[C@@H](C)C(=O)O)S(=O)(=O)c2ccc(C)cc2)cc1. The summed E-state index contributed by atoms with van der Waals surface area (Å²) in [7, 11) is -2.44. The number of aryl methyl sites for hydroxylation is 1. The molecule has 0 heterocycles. The fraction of sp³-hybridized carbons (Fsp3) is 0.350. The van der Waals surface area contributed by atoms with Gasteiger partial charge in [-0.15, -0.1) is 0 Å². The maximum absolute atomic E-state index is 13.2. The van der Waals surface area contributed by atoms with Crippen molar-refractivity contribution in [3.05, 3.63) is 54.1 Å². The standard InChI is InChI=1S/C20H26N2O6S/c1-14-4-10-19(11-5-14)29(26,27)22(16-6-8-18(28-3)9-7-16)13-17(23)12-21-15(2)20(24)25/h4-11,15,17,21,23H,12-13H2,1-3H3,(H,24,25)/t15-,17+/m0/s1. The first-order chi connectivity index (χ1) is 13.6. The van der Waals surface area contributed by atoms with Gasteiger partial charge in [-0.1, -0.05) is 17.7 Å². The van der Waals surface area contributed by atoms with Gasteiger partial charge in [0.25, 0.3) is 10.0 Å². The van der Waals surface area contributed by atoms with Crippen molar-refractivity contribution in [1.29, 1.82) is 0 Å². The van der Waals surface area contributed by atoms with Gasteiger partial charge in [0.1, 0.15) is 11.8 Å². The third-order valence-corrected chi connectivity index (χ3v) is 6.18. The molecule has 3 N–H and O–H groups in total. The number of rotatable bonds is 10. The quantitative estimate of drug-likeness (QED) is 0.533. The minimum atomic E-state index is -3.95. The fourth-order valence-electron chi connectivity index (χ4n) is 2.58. The molecular formula is C20H26N2O6S. The van der Waals surface area contributed by atoms with Crippen molar-refractivity contribution in [2.75, 3.05) is 24.5 Å². The first-order valence-corrected chi connectivity index (χ1v) is 10.5. The van der Waals surface area contributed by atoms with Gasteiger partial charge in [-0.2, -0.15) is 0 Å². The normalized spacial score (nSPS) is 13.5. The molecule has 29 heavy (non-hydrogen) atoms. The maximum atomic E-state index is 13.2. The molecule has 0 saturated heterocycles. The van der Waals surface area contributed by atoms with Crippen molar-refractivity contribution >= 4 is 21.7 Å². The van der Waals surface area contributed by atoms with Crippen LogP contribution in [0.4, 0.5) is 5.69 Å². The highest BCUT2D eigenvalue weighted by Crippen LogP contribution is 2.26. The zero-order valence-corrected chi connectivity index (χ0v) is 17.4. The van der Waals surface area contributed by atoms with E-state index < -0.39 is 28.1 Å². The summed E-state index contributed by atoms with van der Waals surface area (Å²) in [4.78, 5) is 11.0. The number of nitrogens with one attached hydrogen (secondary N) is 1. The second kappa shape index (κ2) is 9.73. The molecule has 158 valence electrons. The van der Waals surface area contributed by atoms with Crippen LogP contribution in [-0.4, -0.2) is 56.9 Å². The predicted molar refractivity (Wildman–Crippen MR) is 110 cm³/mol. The lowest BCUT2D eigenvalue weighted by Crippen LogP contribution is -2.45. The van der Waals surface area contributed by atoms with Crippen LogP contribution >= 0.6 is 0 Å². The van der Waals surface area contributed by atoms with E-state index in [4.69, 9.17) is 9.84 Å². The fourth-order valence-corrected chi connectivity index (χ4v) is 4.09. The summed E-state index contributed by atoms with van der Waals surface area (Å²) in [6.07, 6.45) is -1.13. The molecular weight excluding hydrogens is 396 g/mol. The van der Waals surface area contributed by atoms with Gasteiger partial charge in [-0.05, 0) is 50.2 Å². The van der Waals surface area contributed by atoms with Gasteiger partial charge in [-0.3, -0.25) is 9.10 Å². The molecule has 9 heteroatoms. The van der Waals surface area contributed by atoms with Crippen LogP contribution in [0.5, 0.6) is 5.75 Å². The second-order valence-electron chi connectivity index (χ2n) is 6.67. The van der Waals surface area contributed by atoms with Gasteiger partial charge in [0, 0.05) is 6.54 Å². The number of benzene rings is 2. The number of anilines is 1. The Kier molecular flexibility index (Phi) is 7.60. The molecule has 0 saturated carbocycles. The Morgan fingerprint density at radius 1 is 1.14 bits per heavy atom. The largest absolute Gasteiger partial charge is 0.497 e. The van der Waals surface area contributed by atoms with Gasteiger partial charge >= 0.3 is 5.97 Å². The molecule has 2 aromatic rings. The van der Waals surface area contributed by atoms with Crippen molar-refractivity contribution in [3.63, 3.8) is 0 Å². The number of carboxylic acid groups (broad SMARTS) is 1. The molecule has 0 fully saturated rings. The Hall–Kier alpha value is -2.62. The van der Waals surface area contributed by atoms with Crippen molar-refractivity contribution in [3.8, 4) is 5.75 Å². The van der Waals surface area contributed by atoms with Crippen LogP contribution in [-0.2, 0) is 14.8 Å². The maximum Gasteiger partial charge on any atom is 0.320 e. The highest BCUT2D eigenvalue weighted by Gasteiger charge is 2.27. The van der Waals surface area contributed by atoms with E-state index in [2.05, 4.69) is 5.32 Å². The van der Waals surface area contributed by atoms with Crippen molar-refractivity contribution in [2.24, 2.45) is 0 Å². The number of methoxy groups -OCH3 is 1. The Labute approximate surface area is 170 Å². The van der Waals surface area contributed by atoms with E-state index >= 15 is 0 Å². The first kappa shape index (κ1) is 22.7. The Morgan fingerprint density at radius 3 is 2.24 bits per heavy atom. The molecule has 0 radical (unpaired) electrons. The number of hydrogen-bond acceptors (Lipinski definition) is 6. The van der Waals surface area contributed by atoms with Crippen LogP contribution in [0, 0.1) is 6.92 Å². The minimum absolute atomic E-state index is 0.0798. The van der Waals surface area contributed by atoms with Gasteiger partial charge in [0.2, 0.25) is 0 Å². The summed E-state index contributed by atoms with van der Waals surface area (Å²) in [5.41, 5.74) is 1.28. The number of carboxylic acids is 1. The number of hydrogen-bond donors (Lipinski definition) is 3. The lowest BCUT2D eigenvalue weighted by atomic mass is 10.2. The smallest absolute Gasteiger partial charge is 0.320 e. The first-order valence-electron chi connectivity index (χ1n) is 9.03. The topological polar surface area (TPSA) is 116 Å². The second-order valence-corrected chi connectivity index (χ2v) is 8.53. The number of aliphatic carboxylic acids is 1. The van der Waals surface area contributed by atoms with Crippen LogP contribution in [0.1, 0.15) is 12.5 Å². The molecule has 0 aromatic heterocycles. The number of ether oxygens (including phenoxy) is 1. The Bertz CT molecular complexity index is 913. The molecule has 2 aromatic carbocycles. The number of aliphatic hydroxyl groups is 1. The van der Waals surface area contributed by atoms with E-state index in [0.717, 1.165) is 9.87 Å². The Balaban J connectivity index is 2.32. The average Bonchev–Trinajstić information content (AvgIpc) is 2.70. The van der Waals surface area contributed by atoms with Gasteiger partial charge in [-0.25, -0.2) is 8.42 Å². The third-order valence-electron chi connectivity index (χ3n) is 4.38. The van der Waals surface area contributed by atoms with Crippen LogP contribution in [0.3, 0.4) is 0 Å². The molecule has 0 spiro atoms.